The zero-order valence-corrected chi connectivity index (χ0v) is 16.6. The minimum atomic E-state index is -0.0731. The largest absolute Gasteiger partial charge is 0.497 e. The van der Waals surface area contributed by atoms with Gasteiger partial charge in [0.15, 0.2) is 0 Å². The van der Waals surface area contributed by atoms with Crippen LogP contribution in [0.25, 0.3) is 5.57 Å². The molecule has 0 saturated carbocycles. The van der Waals surface area contributed by atoms with E-state index < -0.39 is 0 Å². The van der Waals surface area contributed by atoms with E-state index in [4.69, 9.17) is 9.47 Å². The Balaban J connectivity index is 2.16. The first kappa shape index (κ1) is 18.7. The Morgan fingerprint density at radius 1 is 1.08 bits per heavy atom. The van der Waals surface area contributed by atoms with Gasteiger partial charge in [0, 0.05) is 16.1 Å². The van der Waals surface area contributed by atoms with Crippen molar-refractivity contribution >= 4 is 17.3 Å². The molecule has 1 aliphatic heterocycles. The SMILES string of the molecule is C=CCC1(c2ccc(OC)cc2)CSc2cc(OC)ccc2/C1=C\CC. The van der Waals surface area contributed by atoms with E-state index in [1.54, 1.807) is 14.2 Å². The van der Waals surface area contributed by atoms with Gasteiger partial charge in [-0.25, -0.2) is 0 Å². The van der Waals surface area contributed by atoms with Gasteiger partial charge in [0.2, 0.25) is 0 Å². The highest BCUT2D eigenvalue weighted by Crippen LogP contribution is 2.52. The molecule has 0 N–H and O–H groups in total. The van der Waals surface area contributed by atoms with Crippen LogP contribution in [-0.4, -0.2) is 20.0 Å². The van der Waals surface area contributed by atoms with E-state index in [1.807, 2.05) is 17.8 Å². The smallest absolute Gasteiger partial charge is 0.120 e. The highest BCUT2D eigenvalue weighted by Gasteiger charge is 2.40. The molecule has 0 saturated heterocycles. The molecule has 0 fully saturated rings. The lowest BCUT2D eigenvalue weighted by Crippen LogP contribution is -2.33. The van der Waals surface area contributed by atoms with Crippen LogP contribution in [0.5, 0.6) is 11.5 Å². The second-order valence-corrected chi connectivity index (χ2v) is 7.50. The van der Waals surface area contributed by atoms with Crippen LogP contribution in [0.15, 0.2) is 66.1 Å². The van der Waals surface area contributed by atoms with Crippen molar-refractivity contribution in [3.8, 4) is 11.5 Å². The monoisotopic (exact) mass is 366 g/mol. The lowest BCUT2D eigenvalue weighted by atomic mass is 9.70. The van der Waals surface area contributed by atoms with Gasteiger partial charge in [-0.3, -0.25) is 0 Å². The number of rotatable bonds is 6. The molecule has 0 spiro atoms. The Morgan fingerprint density at radius 3 is 2.38 bits per heavy atom. The number of thioether (sulfide) groups is 1. The first-order valence-corrected chi connectivity index (χ1v) is 9.94. The summed E-state index contributed by atoms with van der Waals surface area (Å²) in [4.78, 5) is 1.29. The molecule has 26 heavy (non-hydrogen) atoms. The van der Waals surface area contributed by atoms with Gasteiger partial charge < -0.3 is 9.47 Å². The lowest BCUT2D eigenvalue weighted by Gasteiger charge is -2.41. The molecule has 1 unspecified atom stereocenters. The second-order valence-electron chi connectivity index (χ2n) is 6.48. The topological polar surface area (TPSA) is 18.5 Å². The number of fused-ring (bicyclic) bond motifs is 1. The molecule has 0 bridgehead atoms. The summed E-state index contributed by atoms with van der Waals surface area (Å²) in [5.74, 6) is 2.78. The summed E-state index contributed by atoms with van der Waals surface area (Å²) in [6, 6.07) is 14.9. The average Bonchev–Trinajstić information content (AvgIpc) is 2.69. The highest BCUT2D eigenvalue weighted by molar-refractivity contribution is 7.99. The van der Waals surface area contributed by atoms with Crippen LogP contribution in [0.1, 0.15) is 30.9 Å². The zero-order valence-electron chi connectivity index (χ0n) is 15.7. The molecule has 0 radical (unpaired) electrons. The van der Waals surface area contributed by atoms with Crippen molar-refractivity contribution in [2.45, 2.75) is 30.1 Å². The van der Waals surface area contributed by atoms with Crippen molar-refractivity contribution in [2.75, 3.05) is 20.0 Å². The van der Waals surface area contributed by atoms with Crippen LogP contribution in [-0.2, 0) is 5.41 Å². The summed E-state index contributed by atoms with van der Waals surface area (Å²) in [5.41, 5.74) is 3.94. The molecule has 1 aliphatic rings. The van der Waals surface area contributed by atoms with Crippen molar-refractivity contribution in [3.05, 3.63) is 72.3 Å². The highest BCUT2D eigenvalue weighted by atomic mass is 32.2. The number of hydrogen-bond donors (Lipinski definition) is 0. The first-order valence-electron chi connectivity index (χ1n) is 8.95. The van der Waals surface area contributed by atoms with Gasteiger partial charge in [-0.1, -0.05) is 31.2 Å². The van der Waals surface area contributed by atoms with E-state index >= 15 is 0 Å². The molecule has 0 aromatic heterocycles. The molecular formula is C23H26O2S. The second kappa shape index (κ2) is 8.05. The van der Waals surface area contributed by atoms with Gasteiger partial charge in [0.25, 0.3) is 0 Å². The Kier molecular flexibility index (Phi) is 5.77. The van der Waals surface area contributed by atoms with Crippen molar-refractivity contribution in [3.63, 3.8) is 0 Å². The van der Waals surface area contributed by atoms with Crippen LogP contribution in [0.3, 0.4) is 0 Å². The van der Waals surface area contributed by atoms with Crippen molar-refractivity contribution < 1.29 is 9.47 Å². The fourth-order valence-electron chi connectivity index (χ4n) is 3.70. The maximum Gasteiger partial charge on any atom is 0.120 e. The molecule has 0 amide bonds. The molecule has 0 aliphatic carbocycles. The number of methoxy groups -OCH3 is 2. The van der Waals surface area contributed by atoms with Crippen LogP contribution in [0, 0.1) is 0 Å². The minimum absolute atomic E-state index is 0.0731. The number of allylic oxidation sites excluding steroid dienone is 3. The normalized spacial score (nSPS) is 20.5. The molecular weight excluding hydrogens is 340 g/mol. The van der Waals surface area contributed by atoms with E-state index in [0.717, 1.165) is 30.1 Å². The predicted octanol–water partition coefficient (Wildman–Crippen LogP) is 6.12. The van der Waals surface area contributed by atoms with E-state index in [1.165, 1.54) is 21.6 Å². The van der Waals surface area contributed by atoms with E-state index in [-0.39, 0.29) is 5.41 Å². The Bertz CT molecular complexity index is 807. The summed E-state index contributed by atoms with van der Waals surface area (Å²) in [7, 11) is 3.43. The van der Waals surface area contributed by atoms with Crippen LogP contribution in [0.4, 0.5) is 0 Å². The molecule has 136 valence electrons. The fourth-order valence-corrected chi connectivity index (χ4v) is 5.07. The molecule has 3 rings (SSSR count). The molecule has 1 heterocycles. The predicted molar refractivity (Wildman–Crippen MR) is 111 cm³/mol. The Labute approximate surface area is 160 Å². The van der Waals surface area contributed by atoms with Gasteiger partial charge in [0.05, 0.1) is 14.2 Å². The van der Waals surface area contributed by atoms with Gasteiger partial charge in [-0.05, 0) is 59.9 Å². The summed E-state index contributed by atoms with van der Waals surface area (Å²) in [6.07, 6.45) is 6.33. The summed E-state index contributed by atoms with van der Waals surface area (Å²) < 4.78 is 10.8. The molecule has 2 aromatic rings. The molecule has 2 aromatic carbocycles. The van der Waals surface area contributed by atoms with Crippen molar-refractivity contribution in [1.29, 1.82) is 0 Å². The third kappa shape index (κ3) is 3.28. The van der Waals surface area contributed by atoms with Crippen molar-refractivity contribution in [1.82, 2.24) is 0 Å². The Morgan fingerprint density at radius 2 is 1.77 bits per heavy atom. The maximum atomic E-state index is 5.42. The number of benzene rings is 2. The number of ether oxygens (including phenoxy) is 2. The summed E-state index contributed by atoms with van der Waals surface area (Å²) >= 11 is 1.90. The van der Waals surface area contributed by atoms with E-state index in [0.29, 0.717) is 0 Å². The van der Waals surface area contributed by atoms with Crippen LogP contribution in [0.2, 0.25) is 0 Å². The standard InChI is InChI=1S/C23H26O2S/c1-5-7-21-20-13-12-19(25-4)15-22(20)26-16-23(21,14-6-2)17-8-10-18(24-3)11-9-17/h6-13,15H,2,5,14,16H2,1,3-4H3/b21-7+. The minimum Gasteiger partial charge on any atom is -0.497 e. The van der Waals surface area contributed by atoms with Gasteiger partial charge in [-0.15, -0.1) is 18.3 Å². The molecule has 3 heteroatoms. The molecule has 2 nitrogen and oxygen atoms in total. The quantitative estimate of drug-likeness (QED) is 0.574. The van der Waals surface area contributed by atoms with Gasteiger partial charge >= 0.3 is 0 Å². The summed E-state index contributed by atoms with van der Waals surface area (Å²) in [5, 5.41) is 0. The van der Waals surface area contributed by atoms with Gasteiger partial charge in [0.1, 0.15) is 11.5 Å². The Hall–Kier alpha value is -2.13. The van der Waals surface area contributed by atoms with Crippen LogP contribution >= 0.6 is 11.8 Å². The third-order valence-corrected chi connectivity index (χ3v) is 6.30. The zero-order chi connectivity index (χ0) is 18.6. The van der Waals surface area contributed by atoms with E-state index in [9.17, 15) is 0 Å². The average molecular weight is 367 g/mol. The van der Waals surface area contributed by atoms with Crippen molar-refractivity contribution in [2.24, 2.45) is 0 Å². The van der Waals surface area contributed by atoms with Crippen LogP contribution < -0.4 is 9.47 Å². The maximum absolute atomic E-state index is 5.42. The summed E-state index contributed by atoms with van der Waals surface area (Å²) in [6.45, 7) is 6.25. The third-order valence-electron chi connectivity index (χ3n) is 5.01. The molecule has 1 atom stereocenters. The number of hydrogen-bond acceptors (Lipinski definition) is 3. The first-order chi connectivity index (χ1) is 12.7. The lowest BCUT2D eigenvalue weighted by molar-refractivity contribution is 0.413. The van der Waals surface area contributed by atoms with E-state index in [2.05, 4.69) is 62.0 Å². The fraction of sp³-hybridized carbons (Fsp3) is 0.304. The van der Waals surface area contributed by atoms with Gasteiger partial charge in [-0.2, -0.15) is 0 Å².